The Balaban J connectivity index is 0.00000171. The average Bonchev–Trinajstić information content (AvgIpc) is 3.33. The van der Waals surface area contributed by atoms with Gasteiger partial charge >= 0.3 is 0 Å². The third-order valence-electron chi connectivity index (χ3n) is 5.73. The van der Waals surface area contributed by atoms with Gasteiger partial charge in [0.05, 0.1) is 49.4 Å². The van der Waals surface area contributed by atoms with E-state index in [1.54, 1.807) is 19.4 Å². The minimum atomic E-state index is 0. The van der Waals surface area contributed by atoms with Crippen LogP contribution in [0.1, 0.15) is 6.42 Å². The number of hydrogen-bond acceptors (Lipinski definition) is 8. The van der Waals surface area contributed by atoms with Crippen molar-refractivity contribution in [3.05, 3.63) is 47.9 Å². The van der Waals surface area contributed by atoms with Gasteiger partial charge in [0, 0.05) is 36.5 Å². The summed E-state index contributed by atoms with van der Waals surface area (Å²) < 4.78 is 22.6. The van der Waals surface area contributed by atoms with Gasteiger partial charge in [0.2, 0.25) is 0 Å². The predicted molar refractivity (Wildman–Crippen MR) is 142 cm³/mol. The number of benzene rings is 2. The first-order valence-corrected chi connectivity index (χ1v) is 11.3. The van der Waals surface area contributed by atoms with E-state index in [0.29, 0.717) is 28.9 Å². The van der Waals surface area contributed by atoms with E-state index >= 15 is 0 Å². The SMILES string of the molecule is COc1cc2c(Nc3c(Cl)ccc4occc34)ncnc2cc1OCCCN1CCOCC1.Cl.Cl. The molecule has 8 nitrogen and oxygen atoms in total. The highest BCUT2D eigenvalue weighted by Crippen LogP contribution is 2.38. The zero-order valence-corrected chi connectivity index (χ0v) is 21.5. The van der Waals surface area contributed by atoms with Crippen LogP contribution in [0.3, 0.4) is 0 Å². The topological polar surface area (TPSA) is 81.9 Å². The van der Waals surface area contributed by atoms with Gasteiger partial charge in [-0.05, 0) is 30.7 Å². The molecule has 0 atom stereocenters. The number of fused-ring (bicyclic) bond motifs is 2. The molecule has 11 heteroatoms. The smallest absolute Gasteiger partial charge is 0.163 e. The van der Waals surface area contributed by atoms with Gasteiger partial charge in [-0.1, -0.05) is 11.6 Å². The first-order valence-electron chi connectivity index (χ1n) is 10.9. The number of morpholine rings is 1. The molecule has 1 N–H and O–H groups in total. The third-order valence-corrected chi connectivity index (χ3v) is 6.04. The number of halogens is 3. The Labute approximate surface area is 220 Å². The minimum Gasteiger partial charge on any atom is -0.493 e. The second-order valence-electron chi connectivity index (χ2n) is 7.78. The molecular weight excluding hydrogens is 515 g/mol. The molecule has 0 unspecified atom stereocenters. The number of anilines is 2. The van der Waals surface area contributed by atoms with E-state index in [4.69, 9.17) is 30.2 Å². The maximum Gasteiger partial charge on any atom is 0.163 e. The van der Waals surface area contributed by atoms with Crippen molar-refractivity contribution in [3.63, 3.8) is 0 Å². The lowest BCUT2D eigenvalue weighted by molar-refractivity contribution is 0.0357. The molecule has 1 saturated heterocycles. The Morgan fingerprint density at radius 2 is 1.89 bits per heavy atom. The number of methoxy groups -OCH3 is 1. The highest BCUT2D eigenvalue weighted by molar-refractivity contribution is 6.35. The van der Waals surface area contributed by atoms with Crippen LogP contribution < -0.4 is 14.8 Å². The summed E-state index contributed by atoms with van der Waals surface area (Å²) in [7, 11) is 1.63. The number of aromatic nitrogens is 2. The van der Waals surface area contributed by atoms with E-state index in [0.717, 1.165) is 66.8 Å². The second kappa shape index (κ2) is 12.5. The third kappa shape index (κ3) is 6.02. The van der Waals surface area contributed by atoms with Crippen molar-refractivity contribution >= 4 is 69.8 Å². The van der Waals surface area contributed by atoms with Crippen LogP contribution in [0.25, 0.3) is 21.9 Å². The van der Waals surface area contributed by atoms with Crippen LogP contribution in [0.15, 0.2) is 47.3 Å². The van der Waals surface area contributed by atoms with Crippen LogP contribution in [0.4, 0.5) is 11.5 Å². The molecule has 0 saturated carbocycles. The van der Waals surface area contributed by atoms with Gasteiger partial charge in [0.15, 0.2) is 11.5 Å². The van der Waals surface area contributed by atoms with Crippen molar-refractivity contribution in [2.75, 3.05) is 51.9 Å². The van der Waals surface area contributed by atoms with E-state index < -0.39 is 0 Å². The zero-order chi connectivity index (χ0) is 22.6. The Bertz CT molecular complexity index is 1260. The van der Waals surface area contributed by atoms with Gasteiger partial charge in [-0.3, -0.25) is 4.90 Å². The van der Waals surface area contributed by atoms with Crippen LogP contribution in [-0.2, 0) is 4.74 Å². The highest BCUT2D eigenvalue weighted by Gasteiger charge is 2.15. The Morgan fingerprint density at radius 1 is 1.06 bits per heavy atom. The molecule has 3 heterocycles. The van der Waals surface area contributed by atoms with E-state index in [9.17, 15) is 0 Å². The van der Waals surface area contributed by atoms with Crippen molar-refractivity contribution in [1.82, 2.24) is 14.9 Å². The van der Waals surface area contributed by atoms with Gasteiger partial charge in [-0.2, -0.15) is 0 Å². The van der Waals surface area contributed by atoms with Crippen LogP contribution in [0.5, 0.6) is 11.5 Å². The summed E-state index contributed by atoms with van der Waals surface area (Å²) in [6, 6.07) is 9.28. The monoisotopic (exact) mass is 540 g/mol. The van der Waals surface area contributed by atoms with Gasteiger partial charge < -0.3 is 23.9 Å². The summed E-state index contributed by atoms with van der Waals surface area (Å²) in [4.78, 5) is 11.3. The van der Waals surface area contributed by atoms with E-state index in [1.165, 1.54) is 6.33 Å². The molecule has 35 heavy (non-hydrogen) atoms. The van der Waals surface area contributed by atoms with Gasteiger partial charge in [-0.25, -0.2) is 9.97 Å². The van der Waals surface area contributed by atoms with Crippen molar-refractivity contribution in [2.24, 2.45) is 0 Å². The molecule has 1 aliphatic heterocycles. The molecule has 188 valence electrons. The lowest BCUT2D eigenvalue weighted by atomic mass is 10.2. The number of hydrogen-bond donors (Lipinski definition) is 1. The van der Waals surface area contributed by atoms with E-state index in [2.05, 4.69) is 20.2 Å². The van der Waals surface area contributed by atoms with Crippen molar-refractivity contribution in [3.8, 4) is 11.5 Å². The van der Waals surface area contributed by atoms with Gasteiger partial charge in [-0.15, -0.1) is 24.8 Å². The first-order chi connectivity index (χ1) is 16.2. The Kier molecular flexibility index (Phi) is 9.65. The molecule has 2 aromatic heterocycles. The molecule has 0 spiro atoms. The van der Waals surface area contributed by atoms with Crippen LogP contribution in [-0.4, -0.2) is 61.4 Å². The normalized spacial score (nSPS) is 13.8. The summed E-state index contributed by atoms with van der Waals surface area (Å²) in [5, 5.41) is 5.59. The number of ether oxygens (including phenoxy) is 3. The highest BCUT2D eigenvalue weighted by atomic mass is 35.5. The maximum atomic E-state index is 6.47. The largest absolute Gasteiger partial charge is 0.493 e. The van der Waals surface area contributed by atoms with Crippen molar-refractivity contribution < 1.29 is 18.6 Å². The molecule has 0 bridgehead atoms. The number of nitrogens with one attached hydrogen (secondary N) is 1. The minimum absolute atomic E-state index is 0. The number of furan rings is 1. The number of rotatable bonds is 8. The molecule has 1 aliphatic rings. The fourth-order valence-electron chi connectivity index (χ4n) is 3.99. The van der Waals surface area contributed by atoms with E-state index in [-0.39, 0.29) is 24.8 Å². The lowest BCUT2D eigenvalue weighted by Crippen LogP contribution is -2.37. The summed E-state index contributed by atoms with van der Waals surface area (Å²) in [6.45, 7) is 5.12. The summed E-state index contributed by atoms with van der Waals surface area (Å²) in [5.41, 5.74) is 2.21. The summed E-state index contributed by atoms with van der Waals surface area (Å²) in [5.74, 6) is 1.90. The second-order valence-corrected chi connectivity index (χ2v) is 8.19. The van der Waals surface area contributed by atoms with Crippen molar-refractivity contribution in [1.29, 1.82) is 0 Å². The fraction of sp³-hybridized carbons (Fsp3) is 0.333. The quantitative estimate of drug-likeness (QED) is 0.283. The maximum absolute atomic E-state index is 6.47. The van der Waals surface area contributed by atoms with Gasteiger partial charge in [0.1, 0.15) is 17.7 Å². The molecule has 1 fully saturated rings. The molecule has 5 rings (SSSR count). The van der Waals surface area contributed by atoms with Crippen molar-refractivity contribution in [2.45, 2.75) is 6.42 Å². The van der Waals surface area contributed by atoms with Crippen LogP contribution >= 0.6 is 36.4 Å². The standard InChI is InChI=1S/C24H25ClN4O4.2ClH/c1-30-21-13-17-19(14-22(21)32-9-2-6-29-7-11-31-12-8-29)26-15-27-24(17)28-23-16-5-10-33-20(16)4-3-18(23)25;;/h3-5,10,13-15H,2,6-9,11-12H2,1H3,(H,26,27,28);2*1H. The van der Waals surface area contributed by atoms with Gasteiger partial charge in [0.25, 0.3) is 0 Å². The van der Waals surface area contributed by atoms with E-state index in [1.807, 2.05) is 24.3 Å². The predicted octanol–water partition coefficient (Wildman–Crippen LogP) is 5.73. The molecule has 0 amide bonds. The molecule has 4 aromatic rings. The number of nitrogens with zero attached hydrogens (tertiary/aromatic N) is 3. The fourth-order valence-corrected chi connectivity index (χ4v) is 4.21. The molecule has 2 aromatic carbocycles. The zero-order valence-electron chi connectivity index (χ0n) is 19.2. The Morgan fingerprint density at radius 3 is 2.69 bits per heavy atom. The molecular formula is C24H27Cl3N4O4. The van der Waals surface area contributed by atoms with Crippen LogP contribution in [0.2, 0.25) is 5.02 Å². The van der Waals surface area contributed by atoms with Crippen LogP contribution in [0, 0.1) is 0 Å². The lowest BCUT2D eigenvalue weighted by Gasteiger charge is -2.26. The molecule has 0 radical (unpaired) electrons. The first kappa shape index (κ1) is 27.1. The summed E-state index contributed by atoms with van der Waals surface area (Å²) >= 11 is 6.47. The average molecular weight is 542 g/mol. The molecule has 0 aliphatic carbocycles. The summed E-state index contributed by atoms with van der Waals surface area (Å²) in [6.07, 6.45) is 4.07. The Hall–Kier alpha value is -2.49.